The molecule has 0 aliphatic carbocycles. The molecule has 0 bridgehead atoms. The predicted molar refractivity (Wildman–Crippen MR) is 71.0 cm³/mol. The monoisotopic (exact) mass is 286 g/mol. The van der Waals surface area contributed by atoms with Crippen molar-refractivity contribution in [1.29, 1.82) is 0 Å². The van der Waals surface area contributed by atoms with Gasteiger partial charge in [0, 0.05) is 39.2 Å². The fourth-order valence-corrected chi connectivity index (χ4v) is 2.72. The van der Waals surface area contributed by atoms with Crippen molar-refractivity contribution in [1.82, 2.24) is 5.43 Å². The van der Waals surface area contributed by atoms with Crippen LogP contribution in [-0.4, -0.2) is 32.0 Å². The van der Waals surface area contributed by atoms with Crippen molar-refractivity contribution in [2.45, 2.75) is 30.9 Å². The molecule has 1 unspecified atom stereocenters. The molecular weight excluding hydrogens is 266 g/mol. The van der Waals surface area contributed by atoms with Crippen molar-refractivity contribution in [2.75, 3.05) is 20.3 Å². The van der Waals surface area contributed by atoms with Crippen LogP contribution >= 0.6 is 0 Å². The molecule has 1 fully saturated rings. The number of nitrogens with two attached hydrogens (primary N) is 1. The number of nitrogens with one attached hydrogen (secondary N) is 1. The van der Waals surface area contributed by atoms with Crippen LogP contribution in [0.25, 0.3) is 0 Å². The predicted octanol–water partition coefficient (Wildman–Crippen LogP) is 1.53. The summed E-state index contributed by atoms with van der Waals surface area (Å²) in [6, 6.07) is 3.30. The van der Waals surface area contributed by atoms with E-state index >= 15 is 0 Å². The van der Waals surface area contributed by atoms with E-state index in [0.29, 0.717) is 38.0 Å². The number of hydrazine groups is 1. The molecule has 112 valence electrons. The molecule has 0 spiro atoms. The van der Waals surface area contributed by atoms with Crippen molar-refractivity contribution < 1.29 is 18.3 Å². The highest BCUT2D eigenvalue weighted by Crippen LogP contribution is 2.30. The van der Waals surface area contributed by atoms with E-state index < -0.39 is 17.2 Å². The van der Waals surface area contributed by atoms with Crippen LogP contribution in [0.1, 0.15) is 18.4 Å². The number of ether oxygens (including phenoxy) is 2. The van der Waals surface area contributed by atoms with E-state index in [1.54, 1.807) is 7.11 Å². The second-order valence-corrected chi connectivity index (χ2v) is 5.04. The van der Waals surface area contributed by atoms with Gasteiger partial charge in [-0.1, -0.05) is 6.07 Å². The minimum absolute atomic E-state index is 0.267. The molecule has 1 aliphatic heterocycles. The molecule has 20 heavy (non-hydrogen) atoms. The van der Waals surface area contributed by atoms with Gasteiger partial charge in [0.15, 0.2) is 0 Å². The Balaban J connectivity index is 2.18. The Morgan fingerprint density at radius 2 is 2.10 bits per heavy atom. The first-order valence-corrected chi connectivity index (χ1v) is 6.64. The van der Waals surface area contributed by atoms with E-state index in [1.165, 1.54) is 12.1 Å². The summed E-state index contributed by atoms with van der Waals surface area (Å²) >= 11 is 0. The molecule has 0 amide bonds. The molecule has 0 aromatic heterocycles. The normalized spacial score (nSPS) is 19.8. The Kier molecular flexibility index (Phi) is 5.04. The number of methoxy groups -OCH3 is 1. The second-order valence-electron chi connectivity index (χ2n) is 5.04. The summed E-state index contributed by atoms with van der Waals surface area (Å²) in [5.74, 6) is 4.47. The van der Waals surface area contributed by atoms with E-state index in [0.717, 1.165) is 6.07 Å². The summed E-state index contributed by atoms with van der Waals surface area (Å²) in [5.41, 5.74) is 2.63. The maximum absolute atomic E-state index is 13.8. The number of benzene rings is 1. The molecule has 3 N–H and O–H groups in total. The van der Waals surface area contributed by atoms with Crippen molar-refractivity contribution in [3.05, 3.63) is 35.4 Å². The second kappa shape index (κ2) is 6.58. The van der Waals surface area contributed by atoms with E-state index in [-0.39, 0.29) is 6.04 Å². The summed E-state index contributed by atoms with van der Waals surface area (Å²) in [6.45, 7) is 1.16. The highest BCUT2D eigenvalue weighted by molar-refractivity contribution is 5.20. The third kappa shape index (κ3) is 3.15. The first kappa shape index (κ1) is 15.3. The molecule has 1 heterocycles. The summed E-state index contributed by atoms with van der Waals surface area (Å²) in [5, 5.41) is 0. The maximum atomic E-state index is 13.8. The lowest BCUT2D eigenvalue weighted by molar-refractivity contribution is -0.110. The lowest BCUT2D eigenvalue weighted by atomic mass is 9.83. The zero-order valence-electron chi connectivity index (χ0n) is 11.5. The molecule has 2 rings (SSSR count). The van der Waals surface area contributed by atoms with Gasteiger partial charge >= 0.3 is 0 Å². The molecular formula is C14H20F2N2O2. The van der Waals surface area contributed by atoms with Crippen LogP contribution in [0.3, 0.4) is 0 Å². The minimum Gasteiger partial charge on any atom is -0.381 e. The van der Waals surface area contributed by atoms with E-state index in [9.17, 15) is 8.78 Å². The van der Waals surface area contributed by atoms with Crippen molar-refractivity contribution in [2.24, 2.45) is 5.84 Å². The summed E-state index contributed by atoms with van der Waals surface area (Å²) in [4.78, 5) is 0. The van der Waals surface area contributed by atoms with Crippen LogP contribution in [0.4, 0.5) is 8.78 Å². The van der Waals surface area contributed by atoms with Crippen molar-refractivity contribution in [3.8, 4) is 0 Å². The third-order valence-corrected chi connectivity index (χ3v) is 4.02. The fraction of sp³-hybridized carbons (Fsp3) is 0.571. The zero-order chi connectivity index (χ0) is 14.6. The van der Waals surface area contributed by atoms with Crippen LogP contribution in [0, 0.1) is 11.6 Å². The van der Waals surface area contributed by atoms with Gasteiger partial charge in [-0.05, 0) is 18.1 Å². The van der Waals surface area contributed by atoms with E-state index in [1.807, 2.05) is 0 Å². The van der Waals surface area contributed by atoms with Gasteiger partial charge in [0.2, 0.25) is 0 Å². The van der Waals surface area contributed by atoms with E-state index in [2.05, 4.69) is 5.43 Å². The first-order valence-electron chi connectivity index (χ1n) is 6.64. The molecule has 1 aromatic carbocycles. The van der Waals surface area contributed by atoms with Gasteiger partial charge in [-0.3, -0.25) is 11.3 Å². The number of rotatable bonds is 5. The smallest absolute Gasteiger partial charge is 0.129 e. The average Bonchev–Trinajstić information content (AvgIpc) is 2.47. The quantitative estimate of drug-likeness (QED) is 0.637. The van der Waals surface area contributed by atoms with Gasteiger partial charge < -0.3 is 9.47 Å². The lowest BCUT2D eigenvalue weighted by Crippen LogP contribution is -2.58. The average molecular weight is 286 g/mol. The SMILES string of the molecule is COC1(C(Cc2ccc(F)cc2F)NN)CCOCC1. The highest BCUT2D eigenvalue weighted by atomic mass is 19.1. The molecule has 1 aliphatic rings. The van der Waals surface area contributed by atoms with E-state index in [4.69, 9.17) is 15.3 Å². The lowest BCUT2D eigenvalue weighted by Gasteiger charge is -2.42. The fourth-order valence-electron chi connectivity index (χ4n) is 2.72. The minimum atomic E-state index is -0.587. The highest BCUT2D eigenvalue weighted by Gasteiger charge is 2.40. The van der Waals surface area contributed by atoms with Crippen LogP contribution in [0.5, 0.6) is 0 Å². The Hall–Kier alpha value is -1.08. The van der Waals surface area contributed by atoms with Gasteiger partial charge in [-0.2, -0.15) is 0 Å². The Labute approximate surface area is 117 Å². The molecule has 1 atom stereocenters. The molecule has 1 saturated heterocycles. The van der Waals surface area contributed by atoms with Crippen LogP contribution in [-0.2, 0) is 15.9 Å². The van der Waals surface area contributed by atoms with Gasteiger partial charge in [0.25, 0.3) is 0 Å². The zero-order valence-corrected chi connectivity index (χ0v) is 11.5. The number of hydrogen-bond acceptors (Lipinski definition) is 4. The molecule has 0 radical (unpaired) electrons. The number of hydrogen-bond donors (Lipinski definition) is 2. The Morgan fingerprint density at radius 1 is 1.40 bits per heavy atom. The third-order valence-electron chi connectivity index (χ3n) is 4.02. The van der Waals surface area contributed by atoms with Crippen molar-refractivity contribution in [3.63, 3.8) is 0 Å². The van der Waals surface area contributed by atoms with Gasteiger partial charge in [0.05, 0.1) is 11.6 Å². The first-order chi connectivity index (χ1) is 9.61. The van der Waals surface area contributed by atoms with Crippen molar-refractivity contribution >= 4 is 0 Å². The summed E-state index contributed by atoms with van der Waals surface area (Å²) < 4.78 is 37.7. The molecule has 4 nitrogen and oxygen atoms in total. The molecule has 1 aromatic rings. The molecule has 6 heteroatoms. The van der Waals surface area contributed by atoms with Gasteiger partial charge in [0.1, 0.15) is 11.6 Å². The van der Waals surface area contributed by atoms with Crippen LogP contribution in [0.15, 0.2) is 18.2 Å². The summed E-state index contributed by atoms with van der Waals surface area (Å²) in [6.07, 6.45) is 1.69. The van der Waals surface area contributed by atoms with Gasteiger partial charge in [-0.25, -0.2) is 8.78 Å². The Morgan fingerprint density at radius 3 is 2.65 bits per heavy atom. The Bertz CT molecular complexity index is 451. The maximum Gasteiger partial charge on any atom is 0.129 e. The summed E-state index contributed by atoms with van der Waals surface area (Å²) in [7, 11) is 1.62. The van der Waals surface area contributed by atoms with Crippen LogP contribution in [0.2, 0.25) is 0 Å². The standard InChI is InChI=1S/C14H20F2N2O2/c1-19-14(4-6-20-7-5-14)13(18-17)8-10-2-3-11(15)9-12(10)16/h2-3,9,13,18H,4-8,17H2,1H3. The van der Waals surface area contributed by atoms with Gasteiger partial charge in [-0.15, -0.1) is 0 Å². The largest absolute Gasteiger partial charge is 0.381 e. The number of halogens is 2. The molecule has 0 saturated carbocycles. The topological polar surface area (TPSA) is 56.5 Å². The van der Waals surface area contributed by atoms with Crippen LogP contribution < -0.4 is 11.3 Å².